The van der Waals surface area contributed by atoms with E-state index >= 15 is 0 Å². The quantitative estimate of drug-likeness (QED) is 0.432. The van der Waals surface area contributed by atoms with Crippen molar-refractivity contribution in [3.63, 3.8) is 0 Å². The van der Waals surface area contributed by atoms with E-state index in [0.29, 0.717) is 5.56 Å². The second-order valence-electron chi connectivity index (χ2n) is 3.20. The highest BCUT2D eigenvalue weighted by Crippen LogP contribution is 2.12. The molecule has 1 aromatic carbocycles. The van der Waals surface area contributed by atoms with Gasteiger partial charge in [0.2, 0.25) is 5.91 Å². The monoisotopic (exact) mass is 254 g/mol. The van der Waals surface area contributed by atoms with E-state index in [9.17, 15) is 14.9 Å². The van der Waals surface area contributed by atoms with Gasteiger partial charge in [-0.25, -0.2) is 0 Å². The summed E-state index contributed by atoms with van der Waals surface area (Å²) in [5, 5.41) is 21.3. The van der Waals surface area contributed by atoms with Crippen molar-refractivity contribution in [2.24, 2.45) is 0 Å². The van der Waals surface area contributed by atoms with Crippen LogP contribution in [0.15, 0.2) is 30.3 Å². The Balaban J connectivity index is 0.00000289. The van der Waals surface area contributed by atoms with Gasteiger partial charge in [0.15, 0.2) is 0 Å². The summed E-state index contributed by atoms with van der Waals surface area (Å²) < 4.78 is 0. The average molecular weight is 254 g/mol. The van der Waals surface area contributed by atoms with Crippen molar-refractivity contribution in [2.45, 2.75) is 0 Å². The molecule has 0 saturated carbocycles. The number of rotatable bonds is 5. The first kappa shape index (κ1) is 15.8. The van der Waals surface area contributed by atoms with Gasteiger partial charge in [0.1, 0.15) is 0 Å². The zero-order chi connectivity index (χ0) is 12.7. The van der Waals surface area contributed by atoms with Crippen LogP contribution in [0.1, 0.15) is 5.56 Å². The minimum absolute atomic E-state index is 0. The zero-order valence-electron chi connectivity index (χ0n) is 9.50. The molecule has 4 N–H and O–H groups in total. The molecule has 0 radical (unpaired) electrons. The molecule has 7 nitrogen and oxygen atoms in total. The lowest BCUT2D eigenvalue weighted by Crippen LogP contribution is -2.24. The Morgan fingerprint density at radius 2 is 2.00 bits per heavy atom. The number of hydrogen-bond acceptors (Lipinski definition) is 4. The number of nitro benzene ring substituents is 1. The maximum absolute atomic E-state index is 11.1. The van der Waals surface area contributed by atoms with Crippen molar-refractivity contribution in [1.82, 2.24) is 5.32 Å². The van der Waals surface area contributed by atoms with E-state index in [-0.39, 0.29) is 30.2 Å². The van der Waals surface area contributed by atoms with Crippen LogP contribution >= 0.6 is 0 Å². The SMILES string of the molecule is O.O=C(/C=C/c1ccc([N+](=O)[O-])cc1)NCCO. The van der Waals surface area contributed by atoms with Gasteiger partial charge < -0.3 is 15.9 Å². The van der Waals surface area contributed by atoms with Crippen LogP contribution in [0.3, 0.4) is 0 Å². The molecule has 1 aromatic rings. The van der Waals surface area contributed by atoms with Gasteiger partial charge in [0.25, 0.3) is 5.69 Å². The van der Waals surface area contributed by atoms with E-state index in [4.69, 9.17) is 5.11 Å². The summed E-state index contributed by atoms with van der Waals surface area (Å²) in [7, 11) is 0. The van der Waals surface area contributed by atoms with Crippen LogP contribution in [-0.2, 0) is 4.79 Å². The van der Waals surface area contributed by atoms with Gasteiger partial charge in [-0.1, -0.05) is 0 Å². The summed E-state index contributed by atoms with van der Waals surface area (Å²) in [6.07, 6.45) is 2.84. The molecule has 0 aliphatic rings. The maximum Gasteiger partial charge on any atom is 0.269 e. The lowest BCUT2D eigenvalue weighted by Gasteiger charge is -1.97. The minimum Gasteiger partial charge on any atom is -0.412 e. The van der Waals surface area contributed by atoms with Gasteiger partial charge in [-0.15, -0.1) is 0 Å². The van der Waals surface area contributed by atoms with Crippen LogP contribution in [0.4, 0.5) is 5.69 Å². The van der Waals surface area contributed by atoms with Gasteiger partial charge in [-0.05, 0) is 23.8 Å². The third kappa shape index (κ3) is 5.19. The van der Waals surface area contributed by atoms with Gasteiger partial charge in [-0.3, -0.25) is 14.9 Å². The number of aliphatic hydroxyl groups excluding tert-OH is 1. The summed E-state index contributed by atoms with van der Waals surface area (Å²) in [5.74, 6) is -0.322. The Bertz CT molecular complexity index is 428. The van der Waals surface area contributed by atoms with Gasteiger partial charge in [0.05, 0.1) is 11.5 Å². The molecule has 1 amide bonds. The fourth-order valence-electron chi connectivity index (χ4n) is 1.12. The number of non-ortho nitro benzene ring substituents is 1. The predicted molar refractivity (Wildman–Crippen MR) is 65.8 cm³/mol. The molecule has 18 heavy (non-hydrogen) atoms. The van der Waals surface area contributed by atoms with E-state index in [0.717, 1.165) is 0 Å². The number of carbonyl (C=O) groups is 1. The molecule has 0 aliphatic carbocycles. The first-order valence-electron chi connectivity index (χ1n) is 4.94. The maximum atomic E-state index is 11.1. The molecule has 0 fully saturated rings. The Kier molecular flexibility index (Phi) is 6.94. The first-order valence-corrected chi connectivity index (χ1v) is 4.94. The van der Waals surface area contributed by atoms with Crippen LogP contribution in [0.2, 0.25) is 0 Å². The number of nitro groups is 1. The zero-order valence-corrected chi connectivity index (χ0v) is 9.50. The number of aliphatic hydroxyl groups is 1. The van der Waals surface area contributed by atoms with Crippen LogP contribution in [0.5, 0.6) is 0 Å². The highest BCUT2D eigenvalue weighted by Gasteiger charge is 2.02. The molecule has 0 atom stereocenters. The molecule has 0 spiro atoms. The van der Waals surface area contributed by atoms with Crippen molar-refractivity contribution >= 4 is 17.7 Å². The number of amides is 1. The Hall–Kier alpha value is -2.25. The molecular formula is C11H14N2O5. The number of nitrogens with zero attached hydrogens (tertiary/aromatic N) is 1. The van der Waals surface area contributed by atoms with E-state index in [1.807, 2.05) is 0 Å². The van der Waals surface area contributed by atoms with Crippen LogP contribution in [-0.4, -0.2) is 34.6 Å². The van der Waals surface area contributed by atoms with Crippen LogP contribution in [0.25, 0.3) is 6.08 Å². The second kappa shape index (κ2) is 7.93. The van der Waals surface area contributed by atoms with Crippen molar-refractivity contribution in [3.8, 4) is 0 Å². The Morgan fingerprint density at radius 1 is 1.39 bits per heavy atom. The highest BCUT2D eigenvalue weighted by molar-refractivity contribution is 5.91. The second-order valence-corrected chi connectivity index (χ2v) is 3.20. The van der Waals surface area contributed by atoms with Crippen LogP contribution < -0.4 is 5.32 Å². The highest BCUT2D eigenvalue weighted by atomic mass is 16.6. The number of carbonyl (C=O) groups excluding carboxylic acids is 1. The summed E-state index contributed by atoms with van der Waals surface area (Å²) in [6, 6.07) is 5.83. The van der Waals surface area contributed by atoms with E-state index < -0.39 is 4.92 Å². The van der Waals surface area contributed by atoms with Gasteiger partial charge in [-0.2, -0.15) is 0 Å². The summed E-state index contributed by atoms with van der Waals surface area (Å²) in [5.41, 5.74) is 0.696. The molecule has 0 bridgehead atoms. The standard InChI is InChI=1S/C11H12N2O4.H2O/c14-8-7-12-11(15)6-3-9-1-4-10(5-2-9)13(16)17;/h1-6,14H,7-8H2,(H,12,15);1H2/b6-3+;. The number of nitrogens with one attached hydrogen (secondary N) is 1. The molecule has 0 saturated heterocycles. The predicted octanol–water partition coefficient (Wildman–Crippen LogP) is -0.108. The molecule has 0 heterocycles. The van der Waals surface area contributed by atoms with Crippen molar-refractivity contribution in [3.05, 3.63) is 46.0 Å². The number of hydrogen-bond donors (Lipinski definition) is 2. The topological polar surface area (TPSA) is 124 Å². The normalized spacial score (nSPS) is 9.83. The van der Waals surface area contributed by atoms with Crippen molar-refractivity contribution in [2.75, 3.05) is 13.2 Å². The lowest BCUT2D eigenvalue weighted by atomic mass is 10.2. The minimum atomic E-state index is -0.485. The molecular weight excluding hydrogens is 240 g/mol. The van der Waals surface area contributed by atoms with E-state index in [1.165, 1.54) is 24.3 Å². The largest absolute Gasteiger partial charge is 0.412 e. The third-order valence-corrected chi connectivity index (χ3v) is 1.94. The summed E-state index contributed by atoms with van der Waals surface area (Å²) in [6.45, 7) is 0.0839. The summed E-state index contributed by atoms with van der Waals surface area (Å²) >= 11 is 0. The number of benzene rings is 1. The molecule has 0 aliphatic heterocycles. The molecule has 0 unspecified atom stereocenters. The lowest BCUT2D eigenvalue weighted by molar-refractivity contribution is -0.384. The van der Waals surface area contributed by atoms with E-state index in [1.54, 1.807) is 12.1 Å². The molecule has 0 aromatic heterocycles. The Morgan fingerprint density at radius 3 is 2.50 bits per heavy atom. The molecule has 7 heteroatoms. The van der Waals surface area contributed by atoms with Gasteiger partial charge in [0, 0.05) is 24.8 Å². The third-order valence-electron chi connectivity index (χ3n) is 1.94. The summed E-state index contributed by atoms with van der Waals surface area (Å²) in [4.78, 5) is 21.0. The molecule has 98 valence electrons. The van der Waals surface area contributed by atoms with Crippen molar-refractivity contribution < 1.29 is 20.3 Å². The van der Waals surface area contributed by atoms with Crippen LogP contribution in [0, 0.1) is 10.1 Å². The van der Waals surface area contributed by atoms with E-state index in [2.05, 4.69) is 5.32 Å². The molecule has 1 rings (SSSR count). The Labute approximate surface area is 103 Å². The van der Waals surface area contributed by atoms with Crippen molar-refractivity contribution in [1.29, 1.82) is 0 Å². The first-order chi connectivity index (χ1) is 8.13. The fraction of sp³-hybridized carbons (Fsp3) is 0.182. The van der Waals surface area contributed by atoms with Gasteiger partial charge >= 0.3 is 0 Å². The fourth-order valence-corrected chi connectivity index (χ4v) is 1.12. The average Bonchev–Trinajstić information content (AvgIpc) is 2.34. The smallest absolute Gasteiger partial charge is 0.269 e.